The van der Waals surface area contributed by atoms with Crippen molar-refractivity contribution in [1.82, 2.24) is 0 Å². The number of ether oxygens (including phenoxy) is 1. The summed E-state index contributed by atoms with van der Waals surface area (Å²) in [7, 11) is 0. The van der Waals surface area contributed by atoms with E-state index in [9.17, 15) is 0 Å². The topological polar surface area (TPSA) is 90.2 Å². The molecule has 0 fully saturated rings. The predicted molar refractivity (Wildman–Crippen MR) is 36.7 cm³/mol. The number of aliphatic hydroxyl groups is 4. The van der Waals surface area contributed by atoms with Crippen LogP contribution in [0.1, 0.15) is 6.92 Å². The first-order chi connectivity index (χ1) is 5.07. The zero-order valence-electron chi connectivity index (χ0n) is 6.34. The second-order valence-corrected chi connectivity index (χ2v) is 2.28. The van der Waals surface area contributed by atoms with E-state index in [0.29, 0.717) is 0 Å². The molecule has 0 aliphatic rings. The van der Waals surface area contributed by atoms with Gasteiger partial charge in [0, 0.05) is 0 Å². The van der Waals surface area contributed by atoms with E-state index in [1.807, 2.05) is 0 Å². The fourth-order valence-electron chi connectivity index (χ4n) is 0.554. The highest BCUT2D eigenvalue weighted by atomic mass is 16.6. The molecule has 5 heteroatoms. The summed E-state index contributed by atoms with van der Waals surface area (Å²) in [5, 5.41) is 34.1. The lowest BCUT2D eigenvalue weighted by Gasteiger charge is -2.18. The number of rotatable bonds is 5. The van der Waals surface area contributed by atoms with Gasteiger partial charge in [0.15, 0.2) is 6.29 Å². The molecule has 0 heterocycles. The molecule has 2 atom stereocenters. The van der Waals surface area contributed by atoms with Crippen molar-refractivity contribution >= 4 is 0 Å². The quantitative estimate of drug-likeness (QED) is 0.357. The van der Waals surface area contributed by atoms with Crippen LogP contribution in [-0.2, 0) is 4.74 Å². The second kappa shape index (κ2) is 5.45. The van der Waals surface area contributed by atoms with Crippen LogP contribution in [0.5, 0.6) is 0 Å². The number of hydrogen-bond donors (Lipinski definition) is 4. The van der Waals surface area contributed by atoms with Crippen LogP contribution in [0.3, 0.4) is 0 Å². The minimum absolute atomic E-state index is 0.309. The highest BCUT2D eigenvalue weighted by Crippen LogP contribution is 1.98. The Kier molecular flexibility index (Phi) is 5.35. The van der Waals surface area contributed by atoms with E-state index in [4.69, 9.17) is 25.2 Å². The van der Waals surface area contributed by atoms with Crippen molar-refractivity contribution in [2.24, 2.45) is 0 Å². The largest absolute Gasteiger partial charge is 0.394 e. The maximum atomic E-state index is 8.88. The van der Waals surface area contributed by atoms with Gasteiger partial charge >= 0.3 is 0 Å². The number of hydrogen-bond acceptors (Lipinski definition) is 5. The van der Waals surface area contributed by atoms with Crippen LogP contribution >= 0.6 is 0 Å². The zero-order chi connectivity index (χ0) is 8.85. The lowest BCUT2D eigenvalue weighted by Crippen LogP contribution is -2.32. The first-order valence-corrected chi connectivity index (χ1v) is 3.34. The average molecular weight is 166 g/mol. The maximum absolute atomic E-state index is 8.88. The first-order valence-electron chi connectivity index (χ1n) is 3.34. The van der Waals surface area contributed by atoms with E-state index in [2.05, 4.69) is 0 Å². The summed E-state index contributed by atoms with van der Waals surface area (Å²) in [6, 6.07) is 0. The normalized spacial score (nSPS) is 16.9. The maximum Gasteiger partial charge on any atom is 0.175 e. The van der Waals surface area contributed by atoms with Crippen molar-refractivity contribution < 1.29 is 25.2 Å². The average Bonchev–Trinajstić information content (AvgIpc) is 1.87. The molecule has 11 heavy (non-hydrogen) atoms. The molecule has 0 bridgehead atoms. The van der Waals surface area contributed by atoms with Crippen LogP contribution < -0.4 is 0 Å². The van der Waals surface area contributed by atoms with Gasteiger partial charge in [-0.05, 0) is 6.92 Å². The van der Waals surface area contributed by atoms with E-state index in [1.165, 1.54) is 6.92 Å². The fourth-order valence-corrected chi connectivity index (χ4v) is 0.554. The smallest absolute Gasteiger partial charge is 0.175 e. The molecular formula is C6H14O5. The van der Waals surface area contributed by atoms with Crippen LogP contribution in [0, 0.1) is 0 Å². The van der Waals surface area contributed by atoms with Gasteiger partial charge in [0.2, 0.25) is 0 Å². The van der Waals surface area contributed by atoms with Gasteiger partial charge in [-0.15, -0.1) is 0 Å². The Labute approximate surface area is 64.9 Å². The minimum Gasteiger partial charge on any atom is -0.394 e. The van der Waals surface area contributed by atoms with Gasteiger partial charge in [-0.25, -0.2) is 0 Å². The Hall–Kier alpha value is -0.200. The lowest BCUT2D eigenvalue weighted by molar-refractivity contribution is -0.137. The Balaban J connectivity index is 3.52. The molecule has 0 saturated heterocycles. The third kappa shape index (κ3) is 5.11. The van der Waals surface area contributed by atoms with Crippen molar-refractivity contribution in [3.8, 4) is 0 Å². The predicted octanol–water partition coefficient (Wildman–Crippen LogP) is -1.94. The molecule has 0 amide bonds. The Morgan fingerprint density at radius 2 is 1.82 bits per heavy atom. The van der Waals surface area contributed by atoms with Crippen LogP contribution in [0.15, 0.2) is 0 Å². The molecule has 4 N–H and O–H groups in total. The van der Waals surface area contributed by atoms with Gasteiger partial charge < -0.3 is 25.2 Å². The van der Waals surface area contributed by atoms with Gasteiger partial charge in [-0.2, -0.15) is 0 Å². The second-order valence-electron chi connectivity index (χ2n) is 2.28. The van der Waals surface area contributed by atoms with Gasteiger partial charge in [-0.3, -0.25) is 0 Å². The standard InChI is InChI=1S/C6H14O5/c1-4(8)5(2-7)11-3-6(9)10/h4-10H,2-3H2,1H3. The molecule has 0 radical (unpaired) electrons. The minimum atomic E-state index is -1.57. The SMILES string of the molecule is CC(O)C(CO)OCC(O)O. The molecule has 0 aromatic heterocycles. The van der Waals surface area contributed by atoms with E-state index >= 15 is 0 Å². The summed E-state index contributed by atoms with van der Waals surface area (Å²) in [5.74, 6) is 0. The molecule has 0 rings (SSSR count). The third-order valence-corrected chi connectivity index (χ3v) is 1.18. The summed E-state index contributed by atoms with van der Waals surface area (Å²) in [5.41, 5.74) is 0. The van der Waals surface area contributed by atoms with Gasteiger partial charge in [0.05, 0.1) is 19.3 Å². The van der Waals surface area contributed by atoms with E-state index in [0.717, 1.165) is 0 Å². The number of aliphatic hydroxyl groups excluding tert-OH is 3. The monoisotopic (exact) mass is 166 g/mol. The van der Waals surface area contributed by atoms with E-state index in [1.54, 1.807) is 0 Å². The van der Waals surface area contributed by atoms with Crippen LogP contribution in [0.2, 0.25) is 0 Å². The highest BCUT2D eigenvalue weighted by molar-refractivity contribution is 4.62. The Bertz CT molecular complexity index is 93.0. The van der Waals surface area contributed by atoms with Crippen LogP contribution in [0.25, 0.3) is 0 Å². The fraction of sp³-hybridized carbons (Fsp3) is 1.00. The summed E-state index contributed by atoms with van der Waals surface area (Å²) >= 11 is 0. The Morgan fingerprint density at radius 1 is 1.27 bits per heavy atom. The third-order valence-electron chi connectivity index (χ3n) is 1.18. The molecule has 5 nitrogen and oxygen atoms in total. The molecule has 2 unspecified atom stereocenters. The highest BCUT2D eigenvalue weighted by Gasteiger charge is 2.14. The van der Waals surface area contributed by atoms with Crippen LogP contribution in [-0.4, -0.2) is 52.1 Å². The molecule has 0 aliphatic carbocycles. The molecular weight excluding hydrogens is 152 g/mol. The molecule has 0 spiro atoms. The summed E-state index contributed by atoms with van der Waals surface area (Å²) in [6.45, 7) is 0.797. The summed E-state index contributed by atoms with van der Waals surface area (Å²) in [6.07, 6.45) is -3.14. The van der Waals surface area contributed by atoms with Gasteiger partial charge in [0.1, 0.15) is 6.10 Å². The Morgan fingerprint density at radius 3 is 2.09 bits per heavy atom. The molecule has 68 valence electrons. The van der Waals surface area contributed by atoms with Crippen molar-refractivity contribution in [1.29, 1.82) is 0 Å². The van der Waals surface area contributed by atoms with E-state index in [-0.39, 0.29) is 13.2 Å². The van der Waals surface area contributed by atoms with Crippen molar-refractivity contribution in [2.45, 2.75) is 25.4 Å². The molecule has 0 saturated carbocycles. The van der Waals surface area contributed by atoms with Crippen molar-refractivity contribution in [2.75, 3.05) is 13.2 Å². The van der Waals surface area contributed by atoms with Crippen molar-refractivity contribution in [3.05, 3.63) is 0 Å². The molecule has 0 aliphatic heterocycles. The summed E-state index contributed by atoms with van der Waals surface area (Å²) < 4.78 is 4.71. The molecule has 0 aromatic rings. The summed E-state index contributed by atoms with van der Waals surface area (Å²) in [4.78, 5) is 0. The first kappa shape index (κ1) is 10.8. The van der Waals surface area contributed by atoms with Gasteiger partial charge in [0.25, 0.3) is 0 Å². The van der Waals surface area contributed by atoms with Gasteiger partial charge in [-0.1, -0.05) is 0 Å². The van der Waals surface area contributed by atoms with Crippen molar-refractivity contribution in [3.63, 3.8) is 0 Å². The van der Waals surface area contributed by atoms with Crippen LogP contribution in [0.4, 0.5) is 0 Å². The zero-order valence-corrected chi connectivity index (χ0v) is 6.34. The molecule has 0 aromatic carbocycles. The van der Waals surface area contributed by atoms with E-state index < -0.39 is 18.5 Å². The lowest BCUT2D eigenvalue weighted by atomic mass is 10.2.